The van der Waals surface area contributed by atoms with E-state index in [4.69, 9.17) is 10.5 Å². The molecule has 0 aromatic rings. The summed E-state index contributed by atoms with van der Waals surface area (Å²) in [5.41, 5.74) is 4.49. The highest BCUT2D eigenvalue weighted by atomic mass is 16.5. The van der Waals surface area contributed by atoms with Gasteiger partial charge in [-0.1, -0.05) is 0 Å². The van der Waals surface area contributed by atoms with Gasteiger partial charge in [-0.15, -0.1) is 0 Å². The monoisotopic (exact) mass is 215 g/mol. The highest BCUT2D eigenvalue weighted by molar-refractivity contribution is 5.79. The lowest BCUT2D eigenvalue weighted by Gasteiger charge is -2.41. The molecule has 3 amide bonds. The first-order valence-corrected chi connectivity index (χ1v) is 4.88. The molecular formula is C9H17N3O3. The Hall–Kier alpha value is -1.30. The first-order valence-electron chi connectivity index (χ1n) is 4.88. The van der Waals surface area contributed by atoms with Gasteiger partial charge in [0.2, 0.25) is 5.91 Å². The van der Waals surface area contributed by atoms with Crippen LogP contribution in [0.1, 0.15) is 20.3 Å². The molecule has 0 radical (unpaired) electrons. The Bertz CT molecular complexity index is 261. The lowest BCUT2D eigenvalue weighted by molar-refractivity contribution is -0.127. The fourth-order valence-electron chi connectivity index (χ4n) is 1.44. The van der Waals surface area contributed by atoms with Crippen molar-refractivity contribution in [2.75, 3.05) is 13.2 Å². The van der Waals surface area contributed by atoms with Crippen molar-refractivity contribution in [3.05, 3.63) is 0 Å². The number of carbonyl (C=O) groups excluding carboxylic acids is 2. The van der Waals surface area contributed by atoms with Gasteiger partial charge in [-0.2, -0.15) is 0 Å². The van der Waals surface area contributed by atoms with Gasteiger partial charge >= 0.3 is 6.03 Å². The Morgan fingerprint density at radius 1 is 1.47 bits per heavy atom. The fraction of sp³-hybridized carbons (Fsp3) is 0.778. The van der Waals surface area contributed by atoms with Crippen molar-refractivity contribution in [1.82, 2.24) is 10.6 Å². The van der Waals surface area contributed by atoms with Crippen LogP contribution in [0.3, 0.4) is 0 Å². The molecule has 1 fully saturated rings. The van der Waals surface area contributed by atoms with Gasteiger partial charge in [0.25, 0.3) is 0 Å². The molecule has 6 heteroatoms. The summed E-state index contributed by atoms with van der Waals surface area (Å²) < 4.78 is 4.99. The number of nitrogens with two attached hydrogens (primary N) is 1. The van der Waals surface area contributed by atoms with E-state index in [0.717, 1.165) is 0 Å². The lowest BCUT2D eigenvalue weighted by atomic mass is 9.93. The second-order valence-corrected chi connectivity index (χ2v) is 4.17. The molecule has 4 N–H and O–H groups in total. The van der Waals surface area contributed by atoms with E-state index in [1.165, 1.54) is 0 Å². The summed E-state index contributed by atoms with van der Waals surface area (Å²) in [7, 11) is 0. The van der Waals surface area contributed by atoms with E-state index < -0.39 is 11.4 Å². The zero-order valence-electron chi connectivity index (χ0n) is 9.00. The molecule has 1 saturated heterocycles. The molecule has 0 aromatic heterocycles. The van der Waals surface area contributed by atoms with Crippen LogP contribution in [0.25, 0.3) is 0 Å². The summed E-state index contributed by atoms with van der Waals surface area (Å²) >= 11 is 0. The second-order valence-electron chi connectivity index (χ2n) is 4.17. The first-order chi connectivity index (χ1) is 6.93. The smallest absolute Gasteiger partial charge is 0.315 e. The number of primary amides is 1. The molecule has 0 aromatic carbocycles. The number of rotatable bonds is 4. The molecule has 0 atom stereocenters. The Morgan fingerprint density at radius 2 is 2.07 bits per heavy atom. The van der Waals surface area contributed by atoms with Crippen LogP contribution < -0.4 is 16.4 Å². The number of carbonyl (C=O) groups is 2. The second kappa shape index (κ2) is 4.48. The number of nitrogens with one attached hydrogen (secondary N) is 2. The SMILES string of the molecule is CC(C)NC(=O)NC1(CC(N)=O)COC1. The van der Waals surface area contributed by atoms with Gasteiger partial charge in [-0.25, -0.2) is 4.79 Å². The van der Waals surface area contributed by atoms with Crippen LogP contribution in [0.2, 0.25) is 0 Å². The number of urea groups is 1. The molecule has 1 aliphatic rings. The van der Waals surface area contributed by atoms with Gasteiger partial charge in [0, 0.05) is 6.04 Å². The van der Waals surface area contributed by atoms with Gasteiger partial charge in [0.1, 0.15) is 0 Å². The summed E-state index contributed by atoms with van der Waals surface area (Å²) in [6, 6.07) is -0.244. The Kier molecular flexibility index (Phi) is 3.52. The molecule has 0 bridgehead atoms. The Labute approximate surface area is 88.5 Å². The predicted molar refractivity (Wildman–Crippen MR) is 54.2 cm³/mol. The predicted octanol–water partition coefficient (Wildman–Crippen LogP) is -0.662. The third kappa shape index (κ3) is 3.39. The molecule has 1 heterocycles. The van der Waals surface area contributed by atoms with Crippen molar-refractivity contribution < 1.29 is 14.3 Å². The van der Waals surface area contributed by atoms with Crippen molar-refractivity contribution in [2.45, 2.75) is 31.8 Å². The Balaban J connectivity index is 2.46. The van der Waals surface area contributed by atoms with Crippen molar-refractivity contribution >= 4 is 11.9 Å². The van der Waals surface area contributed by atoms with E-state index in [9.17, 15) is 9.59 Å². The molecule has 1 rings (SSSR count). The topological polar surface area (TPSA) is 93.5 Å². The zero-order valence-corrected chi connectivity index (χ0v) is 9.00. The van der Waals surface area contributed by atoms with E-state index in [-0.39, 0.29) is 18.5 Å². The van der Waals surface area contributed by atoms with Gasteiger partial charge < -0.3 is 21.1 Å². The van der Waals surface area contributed by atoms with Crippen LogP contribution in [0.4, 0.5) is 4.79 Å². The van der Waals surface area contributed by atoms with E-state index >= 15 is 0 Å². The molecule has 0 aliphatic carbocycles. The van der Waals surface area contributed by atoms with Crippen LogP contribution in [0, 0.1) is 0 Å². The highest BCUT2D eigenvalue weighted by Crippen LogP contribution is 2.20. The van der Waals surface area contributed by atoms with E-state index in [2.05, 4.69) is 10.6 Å². The molecule has 86 valence electrons. The Morgan fingerprint density at radius 3 is 2.40 bits per heavy atom. The summed E-state index contributed by atoms with van der Waals surface area (Å²) in [6.45, 7) is 4.39. The van der Waals surface area contributed by atoms with Crippen molar-refractivity contribution in [2.24, 2.45) is 5.73 Å². The summed E-state index contributed by atoms with van der Waals surface area (Å²) in [5, 5.41) is 5.40. The molecule has 0 spiro atoms. The van der Waals surface area contributed by atoms with Crippen LogP contribution >= 0.6 is 0 Å². The summed E-state index contributed by atoms with van der Waals surface area (Å²) in [4.78, 5) is 22.2. The molecule has 15 heavy (non-hydrogen) atoms. The number of hydrogen-bond donors (Lipinski definition) is 3. The van der Waals surface area contributed by atoms with Crippen molar-refractivity contribution in [3.63, 3.8) is 0 Å². The highest BCUT2D eigenvalue weighted by Gasteiger charge is 2.41. The number of amides is 3. The first kappa shape index (κ1) is 11.8. The zero-order chi connectivity index (χ0) is 11.5. The average Bonchev–Trinajstić information content (AvgIpc) is 1.97. The molecular weight excluding hydrogens is 198 g/mol. The van der Waals surface area contributed by atoms with Crippen LogP contribution in [0.5, 0.6) is 0 Å². The standard InChI is InChI=1S/C9H17N3O3/c1-6(2)11-8(14)12-9(3-7(10)13)4-15-5-9/h6H,3-5H2,1-2H3,(H2,10,13)(H2,11,12,14). The van der Waals surface area contributed by atoms with Crippen LogP contribution in [-0.4, -0.2) is 36.7 Å². The van der Waals surface area contributed by atoms with Gasteiger partial charge in [0.15, 0.2) is 0 Å². The lowest BCUT2D eigenvalue weighted by Crippen LogP contribution is -2.65. The van der Waals surface area contributed by atoms with E-state index in [1.807, 2.05) is 13.8 Å². The van der Waals surface area contributed by atoms with E-state index in [1.54, 1.807) is 0 Å². The maximum atomic E-state index is 11.4. The minimum atomic E-state index is -0.606. The van der Waals surface area contributed by atoms with E-state index in [0.29, 0.717) is 13.2 Å². The normalized spacial score (nSPS) is 18.1. The average molecular weight is 215 g/mol. The van der Waals surface area contributed by atoms with Gasteiger partial charge in [0.05, 0.1) is 25.2 Å². The maximum Gasteiger partial charge on any atom is 0.315 e. The molecule has 6 nitrogen and oxygen atoms in total. The number of hydrogen-bond acceptors (Lipinski definition) is 3. The van der Waals surface area contributed by atoms with Gasteiger partial charge in [-0.05, 0) is 13.8 Å². The van der Waals surface area contributed by atoms with Crippen molar-refractivity contribution in [1.29, 1.82) is 0 Å². The number of ether oxygens (including phenoxy) is 1. The minimum Gasteiger partial charge on any atom is -0.376 e. The maximum absolute atomic E-state index is 11.4. The van der Waals surface area contributed by atoms with Crippen molar-refractivity contribution in [3.8, 4) is 0 Å². The van der Waals surface area contributed by atoms with Crippen LogP contribution in [0.15, 0.2) is 0 Å². The largest absolute Gasteiger partial charge is 0.376 e. The van der Waals surface area contributed by atoms with Gasteiger partial charge in [-0.3, -0.25) is 4.79 Å². The fourth-order valence-corrected chi connectivity index (χ4v) is 1.44. The third-order valence-corrected chi connectivity index (χ3v) is 2.07. The molecule has 0 saturated carbocycles. The van der Waals surface area contributed by atoms with Crippen LogP contribution in [-0.2, 0) is 9.53 Å². The summed E-state index contributed by atoms with van der Waals surface area (Å²) in [6.07, 6.45) is 0.110. The quantitative estimate of drug-likeness (QED) is 0.581. The third-order valence-electron chi connectivity index (χ3n) is 2.07. The molecule has 1 aliphatic heterocycles. The molecule has 0 unspecified atom stereocenters. The summed E-state index contributed by atoms with van der Waals surface area (Å²) in [5.74, 6) is -0.442. The minimum absolute atomic E-state index is 0.0524.